The minimum absolute atomic E-state index is 0. The van der Waals surface area contributed by atoms with Gasteiger partial charge in [0.05, 0.1) is 14.2 Å². The number of carbonyl (C=O) groups excluding carboxylic acids is 1. The fourth-order valence-corrected chi connectivity index (χ4v) is 7.70. The molecule has 2 saturated heterocycles. The number of nitrogens with one attached hydrogen (secondary N) is 2. The van der Waals surface area contributed by atoms with E-state index in [0.29, 0.717) is 24.5 Å². The van der Waals surface area contributed by atoms with Crippen LogP contribution >= 0.6 is 0 Å². The lowest BCUT2D eigenvalue weighted by molar-refractivity contribution is -0.107. The molecule has 0 unspecified atom stereocenters. The van der Waals surface area contributed by atoms with Gasteiger partial charge in [0.15, 0.2) is 0 Å². The minimum Gasteiger partial charge on any atom is -0.497 e. The van der Waals surface area contributed by atoms with Crippen LogP contribution in [0.1, 0.15) is 94.9 Å². The molecule has 2 aromatic rings. The van der Waals surface area contributed by atoms with Crippen LogP contribution in [-0.2, 0) is 30.5 Å². The fraction of sp³-hybridized carbons (Fsp3) is 0.675. The standard InChI is InChI=1S/C19H30N2O.C17H26N2O.C3H6O.CH4.FH/c1-3-12-21(17-8-10-20-11-9-17)18-6-4-15-5-7-19(22-2)14-16(15)13-18;1-19-9-7-15(8-10-19)18-16-5-3-13-4-6-17(20-2)12-14(13)11-16;1-2-3-4;;/h5,7,14,17-18,20H,3-4,6,8-13H2,1-2H3;4,6,12,15-16,18H,3,5,7-11H2,1-2H3;3H,2H2,1H3;1H4;1H/t18-;16-;;;/m11.../s1/i/hT. The average Bonchev–Trinajstić information content (AvgIpc) is 3.15. The molecule has 0 saturated carbocycles. The van der Waals surface area contributed by atoms with Crippen molar-refractivity contribution in [2.24, 2.45) is 0 Å². The SMILES string of the molecule is C.CCC=O.CCCN(C1CCNCC1)[C@@H]1CCc2ccc(OC)cc2C1.COc1ccc2c(c1)C[C@H](NC1CCN(C)CC1)CC2.[3H]F. The molecule has 2 atom stereocenters. The maximum absolute atomic E-state index is 9.17. The summed E-state index contributed by atoms with van der Waals surface area (Å²) in [6.45, 7) is 10.2. The molecule has 0 spiro atoms. The second-order valence-electron chi connectivity index (χ2n) is 13.6. The van der Waals surface area contributed by atoms with E-state index in [-0.39, 0.29) is 7.43 Å². The summed E-state index contributed by atoms with van der Waals surface area (Å²) in [5.74, 6) is 1.99. The van der Waals surface area contributed by atoms with Crippen molar-refractivity contribution in [3.8, 4) is 11.5 Å². The van der Waals surface area contributed by atoms with E-state index in [1.807, 2.05) is 6.92 Å². The fourth-order valence-electron chi connectivity index (χ4n) is 7.70. The second kappa shape index (κ2) is 22.2. The number of aryl methyl sites for hydroxylation is 2. The first-order chi connectivity index (χ1) is 23.5. The van der Waals surface area contributed by atoms with Crippen LogP contribution in [0.15, 0.2) is 36.4 Å². The van der Waals surface area contributed by atoms with Gasteiger partial charge in [-0.25, -0.2) is 0 Å². The zero-order valence-corrected chi connectivity index (χ0v) is 29.9. The Labute approximate surface area is 293 Å². The predicted octanol–water partition coefficient (Wildman–Crippen LogP) is 6.64. The number of carbonyl (C=O) groups is 1. The molecule has 0 aromatic heterocycles. The molecule has 7 nitrogen and oxygen atoms in total. The van der Waals surface area contributed by atoms with Crippen LogP contribution in [0.5, 0.6) is 11.5 Å². The monoisotopic (exact) mass is 673 g/mol. The molecule has 2 N–H and O–H groups in total. The Kier molecular flexibility index (Phi) is 18.5. The normalized spacial score (nSPS) is 21.2. The van der Waals surface area contributed by atoms with Crippen molar-refractivity contribution in [1.29, 1.82) is 1.45 Å². The molecule has 6 rings (SSSR count). The highest BCUT2D eigenvalue weighted by Crippen LogP contribution is 2.30. The van der Waals surface area contributed by atoms with Gasteiger partial charge in [-0.15, -0.1) is 0 Å². The quantitative estimate of drug-likeness (QED) is 0.290. The van der Waals surface area contributed by atoms with Crippen LogP contribution in [0.25, 0.3) is 0 Å². The summed E-state index contributed by atoms with van der Waals surface area (Å²) in [6.07, 6.45) is 15.3. The van der Waals surface area contributed by atoms with Gasteiger partial charge in [-0.2, -0.15) is 0 Å². The van der Waals surface area contributed by atoms with E-state index >= 15 is 0 Å². The summed E-state index contributed by atoms with van der Waals surface area (Å²) < 4.78 is 23.8. The summed E-state index contributed by atoms with van der Waals surface area (Å²) in [5, 5.41) is 7.39. The first kappa shape index (κ1) is 39.9. The number of halogens is 1. The van der Waals surface area contributed by atoms with E-state index in [2.05, 4.69) is 72.3 Å². The lowest BCUT2D eigenvalue weighted by Crippen LogP contribution is -2.50. The molecule has 48 heavy (non-hydrogen) atoms. The first-order valence-electron chi connectivity index (χ1n) is 18.5. The second-order valence-corrected chi connectivity index (χ2v) is 13.6. The van der Waals surface area contributed by atoms with Gasteiger partial charge < -0.3 is 29.8 Å². The molecule has 2 aliphatic carbocycles. The zero-order chi connectivity index (χ0) is 34.7. The molecule has 4 aliphatic rings. The number of aldehydes is 1. The topological polar surface area (TPSA) is 66.1 Å². The van der Waals surface area contributed by atoms with E-state index in [1.165, 1.54) is 119 Å². The van der Waals surface area contributed by atoms with Crippen LogP contribution in [0.2, 0.25) is 0 Å². The third-order valence-electron chi connectivity index (χ3n) is 10.3. The highest BCUT2D eigenvalue weighted by Gasteiger charge is 2.30. The molecule has 272 valence electrons. The van der Waals surface area contributed by atoms with Crippen LogP contribution in [0.4, 0.5) is 4.72 Å². The summed E-state index contributed by atoms with van der Waals surface area (Å²) in [4.78, 5) is 14.4. The molecule has 2 aromatic carbocycles. The van der Waals surface area contributed by atoms with Crippen LogP contribution in [-0.4, -0.2) is 95.7 Å². The number of likely N-dealkylation sites (tertiary alicyclic amines) is 1. The Morgan fingerprint density at radius 1 is 0.854 bits per heavy atom. The number of benzene rings is 2. The third kappa shape index (κ3) is 12.4. The van der Waals surface area contributed by atoms with Gasteiger partial charge in [0, 0.05) is 30.6 Å². The Morgan fingerprint density at radius 2 is 1.42 bits per heavy atom. The molecule has 0 bridgehead atoms. The average molecular weight is 673 g/mol. The van der Waals surface area contributed by atoms with E-state index in [9.17, 15) is 4.79 Å². The minimum atomic E-state index is 0. The van der Waals surface area contributed by atoms with Gasteiger partial charge in [-0.3, -0.25) is 9.62 Å². The maximum Gasteiger partial charge on any atom is 0.269 e. The van der Waals surface area contributed by atoms with Crippen molar-refractivity contribution in [3.05, 3.63) is 58.7 Å². The molecule has 2 heterocycles. The van der Waals surface area contributed by atoms with E-state index in [1.54, 1.807) is 14.2 Å². The van der Waals surface area contributed by atoms with Crippen molar-refractivity contribution >= 4 is 6.29 Å². The summed E-state index contributed by atoms with van der Waals surface area (Å²) in [6, 6.07) is 16.0. The maximum atomic E-state index is 9.17. The Hall–Kier alpha value is -2.52. The Morgan fingerprint density at radius 3 is 1.96 bits per heavy atom. The molecular weight excluding hydrogens is 603 g/mol. The molecule has 2 fully saturated rings. The first-order valence-corrected chi connectivity index (χ1v) is 18.1. The smallest absolute Gasteiger partial charge is 0.269 e. The summed E-state index contributed by atoms with van der Waals surface area (Å²) in [5.41, 5.74) is 6.01. The number of rotatable bonds is 9. The number of fused-ring (bicyclic) bond motifs is 2. The number of ether oxygens (including phenoxy) is 2. The zero-order valence-electron chi connectivity index (χ0n) is 30.9. The van der Waals surface area contributed by atoms with Gasteiger partial charge in [-0.05, 0) is 157 Å². The van der Waals surface area contributed by atoms with Gasteiger partial charge in [-0.1, -0.05) is 33.4 Å². The number of nitrogens with zero attached hydrogens (tertiary/aromatic N) is 2. The Balaban J connectivity index is 0.000000289. The number of methoxy groups -OCH3 is 2. The molecule has 2 aliphatic heterocycles. The third-order valence-corrected chi connectivity index (χ3v) is 10.3. The molecule has 0 radical (unpaired) electrons. The van der Waals surface area contributed by atoms with Gasteiger partial charge in [0.25, 0.3) is 1.45 Å². The number of hydrogen-bond acceptors (Lipinski definition) is 7. The van der Waals surface area contributed by atoms with Crippen molar-refractivity contribution in [1.82, 2.24) is 20.4 Å². The van der Waals surface area contributed by atoms with Gasteiger partial charge >= 0.3 is 0 Å². The Bertz CT molecular complexity index is 1190. The lowest BCUT2D eigenvalue weighted by Gasteiger charge is -2.42. The van der Waals surface area contributed by atoms with E-state index < -0.39 is 0 Å². The molecule has 0 amide bonds. The summed E-state index contributed by atoms with van der Waals surface area (Å²) >= 11 is 0. The van der Waals surface area contributed by atoms with Gasteiger partial charge in [0.2, 0.25) is 0 Å². The van der Waals surface area contributed by atoms with Crippen molar-refractivity contribution in [2.45, 2.75) is 122 Å². The lowest BCUT2D eigenvalue weighted by atomic mass is 9.86. The molecule has 8 heteroatoms. The highest BCUT2D eigenvalue weighted by atomic mass is 19.0. The van der Waals surface area contributed by atoms with Crippen LogP contribution in [0.3, 0.4) is 0 Å². The van der Waals surface area contributed by atoms with Crippen LogP contribution < -0.4 is 20.1 Å². The highest BCUT2D eigenvalue weighted by molar-refractivity contribution is 5.48. The number of piperidine rings is 2. The van der Waals surface area contributed by atoms with E-state index in [4.69, 9.17) is 14.2 Å². The van der Waals surface area contributed by atoms with Crippen molar-refractivity contribution in [2.75, 3.05) is 54.0 Å². The predicted molar refractivity (Wildman–Crippen MR) is 200 cm³/mol. The van der Waals surface area contributed by atoms with Crippen LogP contribution in [0, 0.1) is 0 Å². The largest absolute Gasteiger partial charge is 0.497 e. The van der Waals surface area contributed by atoms with E-state index in [0.717, 1.165) is 30.2 Å². The number of hydrogen-bond donors (Lipinski definition) is 2. The summed E-state index contributed by atoms with van der Waals surface area (Å²) in [7, 11) is 5.73. The van der Waals surface area contributed by atoms with Crippen molar-refractivity contribution in [3.63, 3.8) is 0 Å². The van der Waals surface area contributed by atoms with Crippen molar-refractivity contribution < 1.29 is 19.0 Å². The van der Waals surface area contributed by atoms with Gasteiger partial charge in [0.1, 0.15) is 17.8 Å². The molecular formula is C40H67FN4O3.